The van der Waals surface area contributed by atoms with Gasteiger partial charge in [0.15, 0.2) is 0 Å². The number of hydrogen-bond donors (Lipinski definition) is 2. The Morgan fingerprint density at radius 2 is 2.13 bits per heavy atom. The van der Waals surface area contributed by atoms with E-state index in [1.807, 2.05) is 0 Å². The number of hydrogen-bond acceptors (Lipinski definition) is 5. The van der Waals surface area contributed by atoms with Crippen molar-refractivity contribution in [1.29, 1.82) is 5.26 Å². The molecule has 0 unspecified atom stereocenters. The molecular formula is C8H7ClN2O3S. The van der Waals surface area contributed by atoms with Gasteiger partial charge >= 0.3 is 0 Å². The van der Waals surface area contributed by atoms with E-state index in [0.717, 1.165) is 6.07 Å². The van der Waals surface area contributed by atoms with Crippen molar-refractivity contribution >= 4 is 19.7 Å². The summed E-state index contributed by atoms with van der Waals surface area (Å²) in [6.07, 6.45) is 0. The lowest BCUT2D eigenvalue weighted by molar-refractivity contribution is 0.472. The van der Waals surface area contributed by atoms with Gasteiger partial charge in [0, 0.05) is 23.3 Å². The maximum absolute atomic E-state index is 11.1. The van der Waals surface area contributed by atoms with Crippen LogP contribution in [0.4, 0.5) is 0 Å². The van der Waals surface area contributed by atoms with Gasteiger partial charge < -0.3 is 10.8 Å². The summed E-state index contributed by atoms with van der Waals surface area (Å²) >= 11 is 0. The zero-order valence-electron chi connectivity index (χ0n) is 7.44. The number of phenols is 1. The van der Waals surface area contributed by atoms with Crippen LogP contribution in [0.1, 0.15) is 11.1 Å². The fraction of sp³-hybridized carbons (Fsp3) is 0.125. The number of halogens is 1. The molecule has 80 valence electrons. The molecule has 5 nitrogen and oxygen atoms in total. The van der Waals surface area contributed by atoms with Gasteiger partial charge in [0.05, 0.1) is 5.56 Å². The van der Waals surface area contributed by atoms with Gasteiger partial charge in [-0.25, -0.2) is 8.42 Å². The summed E-state index contributed by atoms with van der Waals surface area (Å²) in [5.74, 6) is -0.298. The fourth-order valence-corrected chi connectivity index (χ4v) is 2.18. The Kier molecular flexibility index (Phi) is 3.19. The Hall–Kier alpha value is -1.29. The molecule has 0 bridgehead atoms. The van der Waals surface area contributed by atoms with Crippen LogP contribution in [0, 0.1) is 11.3 Å². The van der Waals surface area contributed by atoms with Gasteiger partial charge in [-0.2, -0.15) is 5.26 Å². The number of rotatable bonds is 2. The third-order valence-electron chi connectivity index (χ3n) is 1.76. The number of nitrogens with zero attached hydrogens (tertiary/aromatic N) is 1. The highest BCUT2D eigenvalue weighted by Gasteiger charge is 2.19. The van der Waals surface area contributed by atoms with E-state index in [9.17, 15) is 13.5 Å². The summed E-state index contributed by atoms with van der Waals surface area (Å²) in [6.45, 7) is -0.0588. The molecule has 0 heterocycles. The Morgan fingerprint density at radius 3 is 2.53 bits per heavy atom. The largest absolute Gasteiger partial charge is 0.508 e. The second-order valence-corrected chi connectivity index (χ2v) is 5.27. The van der Waals surface area contributed by atoms with Crippen molar-refractivity contribution < 1.29 is 13.5 Å². The van der Waals surface area contributed by atoms with Crippen LogP contribution < -0.4 is 5.73 Å². The molecule has 0 saturated carbocycles. The minimum Gasteiger partial charge on any atom is -0.508 e. The Balaban J connectivity index is 3.66. The molecule has 1 rings (SSSR count). The smallest absolute Gasteiger partial charge is 0.262 e. The highest BCUT2D eigenvalue weighted by Crippen LogP contribution is 2.27. The van der Waals surface area contributed by atoms with Crippen LogP contribution in [0.15, 0.2) is 17.0 Å². The van der Waals surface area contributed by atoms with E-state index in [1.165, 1.54) is 6.07 Å². The molecule has 15 heavy (non-hydrogen) atoms. The van der Waals surface area contributed by atoms with Gasteiger partial charge in [-0.1, -0.05) is 0 Å². The molecular weight excluding hydrogens is 240 g/mol. The highest BCUT2D eigenvalue weighted by molar-refractivity contribution is 8.13. The Bertz CT molecular complexity index is 534. The first-order chi connectivity index (χ1) is 6.90. The van der Waals surface area contributed by atoms with E-state index in [-0.39, 0.29) is 23.4 Å². The van der Waals surface area contributed by atoms with Crippen LogP contribution in [0.5, 0.6) is 5.75 Å². The van der Waals surface area contributed by atoms with Crippen molar-refractivity contribution in [1.82, 2.24) is 0 Å². The van der Waals surface area contributed by atoms with E-state index in [4.69, 9.17) is 21.7 Å². The number of aromatic hydroxyl groups is 1. The first kappa shape index (κ1) is 11.8. The van der Waals surface area contributed by atoms with Crippen LogP contribution in [0.25, 0.3) is 0 Å². The third kappa shape index (κ3) is 2.39. The molecule has 0 aliphatic rings. The molecule has 1 aromatic carbocycles. The second-order valence-electron chi connectivity index (χ2n) is 2.73. The topological polar surface area (TPSA) is 104 Å². The molecule has 0 fully saturated rings. The van der Waals surface area contributed by atoms with Gasteiger partial charge in [-0.3, -0.25) is 0 Å². The molecule has 7 heteroatoms. The molecule has 0 aromatic heterocycles. The average Bonchev–Trinajstić information content (AvgIpc) is 2.15. The molecule has 0 saturated heterocycles. The predicted octanol–water partition coefficient (Wildman–Crippen LogP) is 0.650. The van der Waals surface area contributed by atoms with Crippen molar-refractivity contribution in [2.75, 3.05) is 0 Å². The molecule has 0 radical (unpaired) electrons. The van der Waals surface area contributed by atoms with Gasteiger partial charge in [0.1, 0.15) is 16.7 Å². The van der Waals surface area contributed by atoms with E-state index in [0.29, 0.717) is 0 Å². The molecule has 0 amide bonds. The zero-order valence-corrected chi connectivity index (χ0v) is 9.01. The lowest BCUT2D eigenvalue weighted by Gasteiger charge is -2.06. The first-order valence-electron chi connectivity index (χ1n) is 3.81. The van der Waals surface area contributed by atoms with E-state index in [1.54, 1.807) is 6.07 Å². The van der Waals surface area contributed by atoms with Gasteiger partial charge in [-0.05, 0) is 11.6 Å². The van der Waals surface area contributed by atoms with Crippen molar-refractivity contribution in [2.45, 2.75) is 11.4 Å². The van der Waals surface area contributed by atoms with E-state index < -0.39 is 13.9 Å². The molecule has 0 aliphatic heterocycles. The lowest BCUT2D eigenvalue weighted by Crippen LogP contribution is -2.04. The van der Waals surface area contributed by atoms with Crippen molar-refractivity contribution in [2.24, 2.45) is 5.73 Å². The fourth-order valence-electron chi connectivity index (χ4n) is 1.14. The maximum Gasteiger partial charge on any atom is 0.262 e. The number of phenolic OH excluding ortho intramolecular Hbond substituents is 1. The summed E-state index contributed by atoms with van der Waals surface area (Å²) in [7, 11) is 1.05. The van der Waals surface area contributed by atoms with E-state index >= 15 is 0 Å². The van der Waals surface area contributed by atoms with Gasteiger partial charge in [0.2, 0.25) is 0 Å². The van der Waals surface area contributed by atoms with Crippen LogP contribution in [-0.4, -0.2) is 13.5 Å². The maximum atomic E-state index is 11.1. The van der Waals surface area contributed by atoms with Crippen molar-refractivity contribution in [3.05, 3.63) is 23.3 Å². The molecule has 1 aromatic rings. The molecule has 3 N–H and O–H groups in total. The number of benzene rings is 1. The zero-order chi connectivity index (χ0) is 11.6. The van der Waals surface area contributed by atoms with Crippen molar-refractivity contribution in [3.63, 3.8) is 0 Å². The van der Waals surface area contributed by atoms with Crippen molar-refractivity contribution in [3.8, 4) is 11.8 Å². The van der Waals surface area contributed by atoms with Crippen LogP contribution in [0.3, 0.4) is 0 Å². The Morgan fingerprint density at radius 1 is 1.53 bits per heavy atom. The van der Waals surface area contributed by atoms with Crippen LogP contribution in [-0.2, 0) is 15.6 Å². The SMILES string of the molecule is N#Cc1c(CN)cc(O)cc1S(=O)(=O)Cl. The molecule has 0 aliphatic carbocycles. The number of nitriles is 1. The van der Waals surface area contributed by atoms with Gasteiger partial charge in [0.25, 0.3) is 9.05 Å². The predicted molar refractivity (Wildman–Crippen MR) is 53.8 cm³/mol. The lowest BCUT2D eigenvalue weighted by atomic mass is 10.1. The Labute approximate surface area is 91.1 Å². The quantitative estimate of drug-likeness (QED) is 0.746. The summed E-state index contributed by atoms with van der Waals surface area (Å²) in [6, 6.07) is 3.84. The summed E-state index contributed by atoms with van der Waals surface area (Å²) < 4.78 is 22.2. The third-order valence-corrected chi connectivity index (χ3v) is 3.11. The standard InChI is InChI=1S/C8H7ClN2O3S/c9-15(13,14)8-2-6(12)1-5(3-10)7(8)4-11/h1-2,12H,3,10H2. The van der Waals surface area contributed by atoms with Crippen LogP contribution >= 0.6 is 10.7 Å². The minimum absolute atomic E-state index is 0.0588. The minimum atomic E-state index is -4.07. The summed E-state index contributed by atoms with van der Waals surface area (Å²) in [5, 5.41) is 18.0. The van der Waals surface area contributed by atoms with E-state index in [2.05, 4.69) is 0 Å². The average molecular weight is 247 g/mol. The first-order valence-corrected chi connectivity index (χ1v) is 6.11. The monoisotopic (exact) mass is 246 g/mol. The molecule has 0 atom stereocenters. The highest BCUT2D eigenvalue weighted by atomic mass is 35.7. The van der Waals surface area contributed by atoms with Gasteiger partial charge in [-0.15, -0.1) is 0 Å². The summed E-state index contributed by atoms with van der Waals surface area (Å²) in [5.41, 5.74) is 5.41. The molecule has 0 spiro atoms. The second kappa shape index (κ2) is 4.06. The number of nitrogens with two attached hydrogens (primary N) is 1. The normalized spacial score (nSPS) is 11.0. The summed E-state index contributed by atoms with van der Waals surface area (Å²) in [4.78, 5) is -0.424. The van der Waals surface area contributed by atoms with Crippen LogP contribution in [0.2, 0.25) is 0 Å².